The van der Waals surface area contributed by atoms with Gasteiger partial charge in [0.25, 0.3) is 0 Å². The number of hydrogen-bond donors (Lipinski definition) is 2. The van der Waals surface area contributed by atoms with Crippen molar-refractivity contribution in [3.8, 4) is 0 Å². The van der Waals surface area contributed by atoms with Gasteiger partial charge in [-0.25, -0.2) is 0 Å². The fourth-order valence-electron chi connectivity index (χ4n) is 1.20. The summed E-state index contributed by atoms with van der Waals surface area (Å²) in [4.78, 5) is 0. The van der Waals surface area contributed by atoms with E-state index in [2.05, 4.69) is 6.58 Å². The first-order valence-corrected chi connectivity index (χ1v) is 3.71. The molecule has 11 heavy (non-hydrogen) atoms. The molecule has 1 aliphatic rings. The van der Waals surface area contributed by atoms with E-state index < -0.39 is 11.7 Å². The first-order valence-electron chi connectivity index (χ1n) is 3.71. The second kappa shape index (κ2) is 2.47. The summed E-state index contributed by atoms with van der Waals surface area (Å²) < 4.78 is 0. The van der Waals surface area contributed by atoms with E-state index in [1.54, 1.807) is 13.0 Å². The molecule has 0 aromatic carbocycles. The molecule has 0 unspecified atom stereocenters. The van der Waals surface area contributed by atoms with Crippen molar-refractivity contribution in [3.05, 3.63) is 23.8 Å². The summed E-state index contributed by atoms with van der Waals surface area (Å²) in [5.41, 5.74) is 0.697. The topological polar surface area (TPSA) is 40.5 Å². The van der Waals surface area contributed by atoms with Crippen LogP contribution < -0.4 is 0 Å². The van der Waals surface area contributed by atoms with Crippen LogP contribution in [0.2, 0.25) is 0 Å². The highest BCUT2D eigenvalue weighted by molar-refractivity contribution is 5.33. The van der Waals surface area contributed by atoms with Crippen molar-refractivity contribution in [2.24, 2.45) is 0 Å². The van der Waals surface area contributed by atoms with Crippen molar-refractivity contribution in [3.63, 3.8) is 0 Å². The summed E-state index contributed by atoms with van der Waals surface area (Å²) in [6, 6.07) is 0. The molecular formula is C9H14O2. The number of hydrogen-bond acceptors (Lipinski definition) is 2. The molecule has 0 amide bonds. The third-order valence-corrected chi connectivity index (χ3v) is 2.27. The van der Waals surface area contributed by atoms with Crippen molar-refractivity contribution < 1.29 is 10.2 Å². The maximum atomic E-state index is 9.66. The van der Waals surface area contributed by atoms with E-state index in [9.17, 15) is 10.2 Å². The van der Waals surface area contributed by atoms with E-state index >= 15 is 0 Å². The highest BCUT2D eigenvalue weighted by atomic mass is 16.3. The Morgan fingerprint density at radius 2 is 2.27 bits per heavy atom. The summed E-state index contributed by atoms with van der Waals surface area (Å²) in [6.07, 6.45) is 1.51. The van der Waals surface area contributed by atoms with Gasteiger partial charge in [-0.3, -0.25) is 0 Å². The Balaban J connectivity index is 2.95. The summed E-state index contributed by atoms with van der Waals surface area (Å²) in [6.45, 7) is 7.22. The highest BCUT2D eigenvalue weighted by Gasteiger charge is 2.31. The van der Waals surface area contributed by atoms with Gasteiger partial charge in [0.15, 0.2) is 0 Å². The van der Waals surface area contributed by atoms with Gasteiger partial charge in [-0.15, -0.1) is 0 Å². The molecule has 2 nitrogen and oxygen atoms in total. The Kier molecular flexibility index (Phi) is 1.90. The second-order valence-electron chi connectivity index (χ2n) is 3.40. The third-order valence-electron chi connectivity index (χ3n) is 2.27. The van der Waals surface area contributed by atoms with Crippen molar-refractivity contribution >= 4 is 0 Å². The van der Waals surface area contributed by atoms with Crippen LogP contribution >= 0.6 is 0 Å². The van der Waals surface area contributed by atoms with E-state index in [4.69, 9.17) is 0 Å². The lowest BCUT2D eigenvalue weighted by Gasteiger charge is -2.32. The maximum absolute atomic E-state index is 9.66. The summed E-state index contributed by atoms with van der Waals surface area (Å²) in [5, 5.41) is 19.0. The Bertz CT molecular complexity index is 214. The molecule has 2 N–H and O–H groups in total. The van der Waals surface area contributed by atoms with Crippen molar-refractivity contribution in [2.45, 2.75) is 32.0 Å². The summed E-state index contributed by atoms with van der Waals surface area (Å²) in [7, 11) is 0. The molecule has 2 heteroatoms. The SMILES string of the molecule is C=C1C=C(C)[C@](C)(O)C[C@H]1O. The molecule has 1 rings (SSSR count). The first-order chi connectivity index (χ1) is 4.93. The average molecular weight is 154 g/mol. The number of rotatable bonds is 0. The lowest BCUT2D eigenvalue weighted by Crippen LogP contribution is -2.35. The van der Waals surface area contributed by atoms with Crippen LogP contribution in [0.3, 0.4) is 0 Å². The van der Waals surface area contributed by atoms with Crippen molar-refractivity contribution in [1.29, 1.82) is 0 Å². The molecule has 62 valence electrons. The standard InChI is InChI=1S/C9H14O2/c1-6-4-7(2)9(3,11)5-8(6)10/h4,8,10-11H,1,5H2,2-3H3/t8-,9-/m1/s1. The molecule has 0 saturated heterocycles. The van der Waals surface area contributed by atoms with E-state index in [0.29, 0.717) is 12.0 Å². The van der Waals surface area contributed by atoms with Gasteiger partial charge in [-0.1, -0.05) is 12.7 Å². The molecule has 0 spiro atoms. The first kappa shape index (κ1) is 8.50. The molecule has 0 saturated carbocycles. The summed E-state index contributed by atoms with van der Waals surface area (Å²) >= 11 is 0. The largest absolute Gasteiger partial charge is 0.388 e. The van der Waals surface area contributed by atoms with Crippen LogP contribution in [-0.2, 0) is 0 Å². The quantitative estimate of drug-likeness (QED) is 0.546. The normalized spacial score (nSPS) is 38.7. The molecule has 0 heterocycles. The lowest BCUT2D eigenvalue weighted by atomic mass is 9.82. The molecule has 0 aromatic rings. The molecule has 0 bridgehead atoms. The predicted molar refractivity (Wildman–Crippen MR) is 44.1 cm³/mol. The van der Waals surface area contributed by atoms with Gasteiger partial charge in [-0.05, 0) is 25.0 Å². The van der Waals surface area contributed by atoms with Crippen LogP contribution in [0.25, 0.3) is 0 Å². The molecule has 2 atom stereocenters. The zero-order valence-electron chi connectivity index (χ0n) is 6.96. The summed E-state index contributed by atoms with van der Waals surface area (Å²) in [5.74, 6) is 0. The maximum Gasteiger partial charge on any atom is 0.0857 e. The van der Waals surface area contributed by atoms with Gasteiger partial charge >= 0.3 is 0 Å². The fourth-order valence-corrected chi connectivity index (χ4v) is 1.20. The Labute approximate surface area is 66.9 Å². The average Bonchev–Trinajstić information content (AvgIpc) is 1.83. The van der Waals surface area contributed by atoms with E-state index in [1.807, 2.05) is 6.92 Å². The van der Waals surface area contributed by atoms with Gasteiger partial charge < -0.3 is 10.2 Å². The van der Waals surface area contributed by atoms with Crippen molar-refractivity contribution in [2.75, 3.05) is 0 Å². The highest BCUT2D eigenvalue weighted by Crippen LogP contribution is 2.30. The van der Waals surface area contributed by atoms with Gasteiger partial charge in [0, 0.05) is 6.42 Å². The monoisotopic (exact) mass is 154 g/mol. The van der Waals surface area contributed by atoms with Crippen LogP contribution in [0.4, 0.5) is 0 Å². The molecule has 1 aliphatic carbocycles. The lowest BCUT2D eigenvalue weighted by molar-refractivity contribution is 0.0388. The number of aliphatic hydroxyl groups is 2. The van der Waals surface area contributed by atoms with Crippen LogP contribution in [0.1, 0.15) is 20.3 Å². The van der Waals surface area contributed by atoms with Gasteiger partial charge in [0.1, 0.15) is 0 Å². The minimum Gasteiger partial charge on any atom is -0.388 e. The fraction of sp³-hybridized carbons (Fsp3) is 0.556. The number of aliphatic hydroxyl groups excluding tert-OH is 1. The smallest absolute Gasteiger partial charge is 0.0857 e. The third kappa shape index (κ3) is 1.52. The van der Waals surface area contributed by atoms with Crippen LogP contribution in [0.5, 0.6) is 0 Å². The second-order valence-corrected chi connectivity index (χ2v) is 3.40. The van der Waals surface area contributed by atoms with Gasteiger partial charge in [-0.2, -0.15) is 0 Å². The van der Waals surface area contributed by atoms with E-state index in [1.165, 1.54) is 0 Å². The van der Waals surface area contributed by atoms with Crippen LogP contribution in [-0.4, -0.2) is 21.9 Å². The van der Waals surface area contributed by atoms with E-state index in [-0.39, 0.29) is 0 Å². The minimum absolute atomic E-state index is 0.355. The van der Waals surface area contributed by atoms with Crippen LogP contribution in [0.15, 0.2) is 23.8 Å². The molecule has 0 radical (unpaired) electrons. The van der Waals surface area contributed by atoms with E-state index in [0.717, 1.165) is 5.57 Å². The minimum atomic E-state index is -0.861. The molecular weight excluding hydrogens is 140 g/mol. The van der Waals surface area contributed by atoms with Crippen LogP contribution in [0, 0.1) is 0 Å². The van der Waals surface area contributed by atoms with Gasteiger partial charge in [0.2, 0.25) is 0 Å². The Morgan fingerprint density at radius 1 is 1.73 bits per heavy atom. The Morgan fingerprint density at radius 3 is 2.73 bits per heavy atom. The molecule has 0 fully saturated rings. The molecule has 0 aromatic heterocycles. The predicted octanol–water partition coefficient (Wildman–Crippen LogP) is 1.00. The van der Waals surface area contributed by atoms with Crippen molar-refractivity contribution in [1.82, 2.24) is 0 Å². The van der Waals surface area contributed by atoms with Gasteiger partial charge in [0.05, 0.1) is 11.7 Å². The zero-order valence-corrected chi connectivity index (χ0v) is 6.96. The zero-order chi connectivity index (χ0) is 8.65. The molecule has 0 aliphatic heterocycles. The Hall–Kier alpha value is -0.600.